The molecule has 4 rings (SSSR count). The molecule has 2 aromatic rings. The van der Waals surface area contributed by atoms with E-state index in [9.17, 15) is 14.3 Å². The second-order valence-corrected chi connectivity index (χ2v) is 8.15. The smallest absolute Gasteiger partial charge is 0.242 e. The fourth-order valence-corrected chi connectivity index (χ4v) is 4.61. The highest BCUT2D eigenvalue weighted by Crippen LogP contribution is 2.48. The summed E-state index contributed by atoms with van der Waals surface area (Å²) in [5.74, 6) is -0.514. The van der Waals surface area contributed by atoms with Crippen LogP contribution in [-0.2, 0) is 9.53 Å². The second kappa shape index (κ2) is 8.71. The first-order chi connectivity index (χ1) is 14.5. The van der Waals surface area contributed by atoms with Crippen LogP contribution < -0.4 is 10.9 Å². The lowest BCUT2D eigenvalue weighted by Gasteiger charge is -2.31. The van der Waals surface area contributed by atoms with Gasteiger partial charge in [-0.15, -0.1) is 0 Å². The predicted molar refractivity (Wildman–Crippen MR) is 111 cm³/mol. The maximum Gasteiger partial charge on any atom is 0.242 e. The quantitative estimate of drug-likeness (QED) is 0.609. The standard InChI is InChI=1S/C23H28FN3O3/c1-14(2)30-13-7-12-27-22(15-8-3-5-10-17(15)24)19-20(25-26-21(19)23(27)29)16-9-4-6-11-18(16)28/h3-6,8-11,14,19-22,25-26,28H,7,12-13H2,1-2H3. The molecule has 0 radical (unpaired) electrons. The van der Waals surface area contributed by atoms with Crippen LogP contribution in [0.15, 0.2) is 48.5 Å². The minimum atomic E-state index is -0.495. The van der Waals surface area contributed by atoms with E-state index in [1.54, 1.807) is 35.2 Å². The van der Waals surface area contributed by atoms with Crippen LogP contribution in [-0.4, -0.2) is 41.2 Å². The van der Waals surface area contributed by atoms with Crippen LogP contribution in [0.2, 0.25) is 0 Å². The lowest BCUT2D eigenvalue weighted by Crippen LogP contribution is -2.42. The Bertz CT molecular complexity index is 907. The van der Waals surface area contributed by atoms with E-state index in [0.717, 1.165) is 0 Å². The zero-order chi connectivity index (χ0) is 21.3. The number of carbonyl (C=O) groups is 1. The van der Waals surface area contributed by atoms with Crippen molar-refractivity contribution >= 4 is 5.91 Å². The Morgan fingerprint density at radius 1 is 1.07 bits per heavy atom. The van der Waals surface area contributed by atoms with Crippen molar-refractivity contribution in [1.29, 1.82) is 0 Å². The van der Waals surface area contributed by atoms with Crippen LogP contribution in [0.25, 0.3) is 0 Å². The van der Waals surface area contributed by atoms with Crippen molar-refractivity contribution in [2.45, 2.75) is 44.5 Å². The Hall–Kier alpha value is -2.48. The summed E-state index contributed by atoms with van der Waals surface area (Å²) in [5, 5.41) is 10.4. The number of aromatic hydroxyl groups is 1. The minimum Gasteiger partial charge on any atom is -0.508 e. The number of halogens is 1. The molecule has 1 amide bonds. The van der Waals surface area contributed by atoms with E-state index in [2.05, 4.69) is 10.9 Å². The van der Waals surface area contributed by atoms with Crippen molar-refractivity contribution < 1.29 is 19.0 Å². The van der Waals surface area contributed by atoms with Gasteiger partial charge in [0.25, 0.3) is 0 Å². The molecule has 2 aliphatic heterocycles. The Labute approximate surface area is 176 Å². The van der Waals surface area contributed by atoms with Gasteiger partial charge >= 0.3 is 0 Å². The molecule has 4 atom stereocenters. The molecule has 7 heteroatoms. The molecule has 0 saturated carbocycles. The van der Waals surface area contributed by atoms with Gasteiger partial charge in [0.2, 0.25) is 5.91 Å². The van der Waals surface area contributed by atoms with Crippen molar-refractivity contribution in [2.75, 3.05) is 13.2 Å². The number of carbonyl (C=O) groups excluding carboxylic acids is 1. The van der Waals surface area contributed by atoms with E-state index < -0.39 is 12.1 Å². The van der Waals surface area contributed by atoms with E-state index in [1.165, 1.54) is 6.07 Å². The molecule has 160 valence electrons. The van der Waals surface area contributed by atoms with Crippen LogP contribution in [0.4, 0.5) is 4.39 Å². The minimum absolute atomic E-state index is 0.0665. The number of benzene rings is 2. The molecule has 30 heavy (non-hydrogen) atoms. The molecule has 3 N–H and O–H groups in total. The average Bonchev–Trinajstić information content (AvgIpc) is 3.25. The third kappa shape index (κ3) is 3.80. The number of para-hydroxylation sites is 1. The molecule has 2 fully saturated rings. The lowest BCUT2D eigenvalue weighted by atomic mass is 9.83. The number of phenolic OH excluding ortho intramolecular Hbond substituents is 1. The van der Waals surface area contributed by atoms with E-state index >= 15 is 0 Å². The average molecular weight is 413 g/mol. The molecule has 0 spiro atoms. The molecule has 4 unspecified atom stereocenters. The molecule has 2 aliphatic rings. The number of ether oxygens (including phenoxy) is 1. The van der Waals surface area contributed by atoms with E-state index in [1.807, 2.05) is 26.0 Å². The van der Waals surface area contributed by atoms with Gasteiger partial charge in [-0.25, -0.2) is 15.2 Å². The van der Waals surface area contributed by atoms with Gasteiger partial charge in [0.05, 0.1) is 18.2 Å². The fourth-order valence-electron chi connectivity index (χ4n) is 4.61. The number of hydrazine groups is 1. The summed E-state index contributed by atoms with van der Waals surface area (Å²) in [6, 6.07) is 12.4. The molecule has 0 aromatic heterocycles. The van der Waals surface area contributed by atoms with Crippen LogP contribution in [0.5, 0.6) is 5.75 Å². The van der Waals surface area contributed by atoms with E-state index in [-0.39, 0.29) is 35.5 Å². The highest BCUT2D eigenvalue weighted by Gasteiger charge is 2.56. The Morgan fingerprint density at radius 2 is 1.73 bits per heavy atom. The van der Waals surface area contributed by atoms with Crippen molar-refractivity contribution in [3.8, 4) is 5.75 Å². The zero-order valence-electron chi connectivity index (χ0n) is 17.2. The van der Waals surface area contributed by atoms with Gasteiger partial charge in [0.15, 0.2) is 0 Å². The van der Waals surface area contributed by atoms with Crippen molar-refractivity contribution in [3.63, 3.8) is 0 Å². The summed E-state index contributed by atoms with van der Waals surface area (Å²) in [6.45, 7) is 4.96. The predicted octanol–water partition coefficient (Wildman–Crippen LogP) is 3.06. The lowest BCUT2D eigenvalue weighted by molar-refractivity contribution is -0.131. The maximum absolute atomic E-state index is 14.8. The third-order valence-corrected chi connectivity index (χ3v) is 5.90. The van der Waals surface area contributed by atoms with Crippen LogP contribution >= 0.6 is 0 Å². The first-order valence-corrected chi connectivity index (χ1v) is 10.4. The number of phenols is 1. The molecule has 2 heterocycles. The molecule has 2 saturated heterocycles. The van der Waals surface area contributed by atoms with Crippen molar-refractivity contribution in [2.24, 2.45) is 5.92 Å². The first-order valence-electron chi connectivity index (χ1n) is 10.4. The SMILES string of the molecule is CC(C)OCCCN1C(=O)C2NNC(c3ccccc3O)C2C1c1ccccc1F. The Kier molecular flexibility index (Phi) is 6.04. The number of nitrogens with zero attached hydrogens (tertiary/aromatic N) is 1. The number of amides is 1. The number of hydrogen-bond acceptors (Lipinski definition) is 5. The van der Waals surface area contributed by atoms with Gasteiger partial charge < -0.3 is 14.7 Å². The maximum atomic E-state index is 14.8. The Balaban J connectivity index is 1.68. The summed E-state index contributed by atoms with van der Waals surface area (Å²) in [5.41, 5.74) is 7.45. The van der Waals surface area contributed by atoms with Gasteiger partial charge in [-0.1, -0.05) is 36.4 Å². The zero-order valence-corrected chi connectivity index (χ0v) is 17.2. The molecule has 0 bridgehead atoms. The summed E-state index contributed by atoms with van der Waals surface area (Å²) in [7, 11) is 0. The monoisotopic (exact) mass is 413 g/mol. The summed E-state index contributed by atoms with van der Waals surface area (Å²) in [4.78, 5) is 15.0. The molecule has 6 nitrogen and oxygen atoms in total. The number of rotatable bonds is 7. The molecule has 2 aromatic carbocycles. The summed E-state index contributed by atoms with van der Waals surface area (Å²) >= 11 is 0. The molecular weight excluding hydrogens is 385 g/mol. The number of likely N-dealkylation sites (tertiary alicyclic amines) is 1. The van der Waals surface area contributed by atoms with E-state index in [4.69, 9.17) is 4.74 Å². The van der Waals surface area contributed by atoms with Gasteiger partial charge in [0, 0.05) is 30.2 Å². The molecular formula is C23H28FN3O3. The fraction of sp³-hybridized carbons (Fsp3) is 0.435. The first kappa shape index (κ1) is 20.8. The van der Waals surface area contributed by atoms with Gasteiger partial charge in [0.1, 0.15) is 17.6 Å². The van der Waals surface area contributed by atoms with Gasteiger partial charge in [-0.3, -0.25) is 4.79 Å². The third-order valence-electron chi connectivity index (χ3n) is 5.90. The van der Waals surface area contributed by atoms with Crippen LogP contribution in [0.3, 0.4) is 0 Å². The topological polar surface area (TPSA) is 73.8 Å². The summed E-state index contributed by atoms with van der Waals surface area (Å²) in [6.07, 6.45) is 0.792. The van der Waals surface area contributed by atoms with E-state index in [0.29, 0.717) is 30.7 Å². The highest BCUT2D eigenvalue weighted by molar-refractivity contribution is 5.86. The largest absolute Gasteiger partial charge is 0.508 e. The van der Waals surface area contributed by atoms with Crippen LogP contribution in [0.1, 0.15) is 43.5 Å². The van der Waals surface area contributed by atoms with Gasteiger partial charge in [-0.05, 0) is 32.4 Å². The van der Waals surface area contributed by atoms with Crippen molar-refractivity contribution in [3.05, 3.63) is 65.5 Å². The summed E-state index contributed by atoms with van der Waals surface area (Å²) < 4.78 is 20.5. The number of hydrogen-bond donors (Lipinski definition) is 3. The van der Waals surface area contributed by atoms with Crippen LogP contribution in [0, 0.1) is 11.7 Å². The van der Waals surface area contributed by atoms with Crippen molar-refractivity contribution in [1.82, 2.24) is 15.8 Å². The number of nitrogens with one attached hydrogen (secondary N) is 2. The number of fused-ring (bicyclic) bond motifs is 1. The second-order valence-electron chi connectivity index (χ2n) is 8.15. The highest BCUT2D eigenvalue weighted by atomic mass is 19.1. The molecule has 0 aliphatic carbocycles. The normalized spacial score (nSPS) is 25.9. The van der Waals surface area contributed by atoms with Gasteiger partial charge in [-0.2, -0.15) is 0 Å². The Morgan fingerprint density at radius 3 is 2.43 bits per heavy atom.